The van der Waals surface area contributed by atoms with Crippen LogP contribution in [0.3, 0.4) is 0 Å². The molecule has 0 atom stereocenters. The third-order valence-corrected chi connectivity index (χ3v) is 8.32. The Morgan fingerprint density at radius 1 is 1.09 bits per heavy atom. The fourth-order valence-corrected chi connectivity index (χ4v) is 5.72. The summed E-state index contributed by atoms with van der Waals surface area (Å²) in [5.74, 6) is -0.782. The summed E-state index contributed by atoms with van der Waals surface area (Å²) in [5, 5.41) is 10.2. The van der Waals surface area contributed by atoms with E-state index in [1.807, 2.05) is 0 Å². The van der Waals surface area contributed by atoms with Gasteiger partial charge in [-0.2, -0.15) is 0 Å². The molecule has 2 aromatic carbocycles. The molecule has 0 spiro atoms. The SMILES string of the molecule is O=C(Nc1nnc(SCc2ccccc2F)s1)c1ccc(S(=O)(=O)c2ccc(Br)cc2)o1. The third kappa shape index (κ3) is 5.09. The van der Waals surface area contributed by atoms with E-state index in [4.69, 9.17) is 4.42 Å². The number of carbonyl (C=O) groups excluding carboxylic acids is 1. The number of hydrogen-bond donors (Lipinski definition) is 1. The van der Waals surface area contributed by atoms with Crippen molar-refractivity contribution in [2.75, 3.05) is 5.32 Å². The van der Waals surface area contributed by atoms with Gasteiger partial charge >= 0.3 is 0 Å². The minimum absolute atomic E-state index is 0.0441. The van der Waals surface area contributed by atoms with Crippen LogP contribution < -0.4 is 5.32 Å². The number of thioether (sulfide) groups is 1. The van der Waals surface area contributed by atoms with Crippen molar-refractivity contribution < 1.29 is 22.0 Å². The summed E-state index contributed by atoms with van der Waals surface area (Å²) in [6, 6.07) is 15.0. The van der Waals surface area contributed by atoms with Crippen molar-refractivity contribution in [1.29, 1.82) is 0 Å². The number of aromatic nitrogens is 2. The van der Waals surface area contributed by atoms with Gasteiger partial charge in [-0.1, -0.05) is 57.2 Å². The van der Waals surface area contributed by atoms with Gasteiger partial charge in [-0.3, -0.25) is 10.1 Å². The first-order valence-corrected chi connectivity index (χ1v) is 13.0. The van der Waals surface area contributed by atoms with Crippen molar-refractivity contribution in [1.82, 2.24) is 10.2 Å². The molecule has 164 valence electrons. The van der Waals surface area contributed by atoms with Crippen molar-refractivity contribution >= 4 is 59.9 Å². The van der Waals surface area contributed by atoms with Crippen molar-refractivity contribution in [3.8, 4) is 0 Å². The molecule has 0 fully saturated rings. The smallest absolute Gasteiger partial charge is 0.293 e. The van der Waals surface area contributed by atoms with Crippen LogP contribution in [0.25, 0.3) is 0 Å². The van der Waals surface area contributed by atoms with Gasteiger partial charge in [0.25, 0.3) is 5.91 Å². The van der Waals surface area contributed by atoms with E-state index in [1.165, 1.54) is 42.1 Å². The minimum Gasteiger partial charge on any atom is -0.439 e. The van der Waals surface area contributed by atoms with Gasteiger partial charge < -0.3 is 4.42 Å². The Morgan fingerprint density at radius 2 is 1.84 bits per heavy atom. The molecule has 2 heterocycles. The average Bonchev–Trinajstić information content (AvgIpc) is 3.44. The van der Waals surface area contributed by atoms with Crippen molar-refractivity contribution in [3.63, 3.8) is 0 Å². The molecular weight excluding hydrogens is 541 g/mol. The van der Waals surface area contributed by atoms with Crippen LogP contribution >= 0.6 is 39.0 Å². The Labute approximate surface area is 199 Å². The Balaban J connectivity index is 1.41. The summed E-state index contributed by atoms with van der Waals surface area (Å²) >= 11 is 5.65. The predicted molar refractivity (Wildman–Crippen MR) is 122 cm³/mol. The molecule has 0 unspecified atom stereocenters. The summed E-state index contributed by atoms with van der Waals surface area (Å²) in [4.78, 5) is 12.5. The number of anilines is 1. The van der Waals surface area contributed by atoms with E-state index in [2.05, 4.69) is 31.4 Å². The lowest BCUT2D eigenvalue weighted by molar-refractivity contribution is 0.0991. The normalized spacial score (nSPS) is 11.4. The van der Waals surface area contributed by atoms with E-state index < -0.39 is 15.7 Å². The number of carbonyl (C=O) groups is 1. The van der Waals surface area contributed by atoms with Gasteiger partial charge in [-0.05, 0) is 48.0 Å². The van der Waals surface area contributed by atoms with E-state index in [-0.39, 0.29) is 26.7 Å². The van der Waals surface area contributed by atoms with Crippen LogP contribution in [0.15, 0.2) is 83.9 Å². The lowest BCUT2D eigenvalue weighted by Crippen LogP contribution is -2.10. The maximum atomic E-state index is 13.7. The maximum Gasteiger partial charge on any atom is 0.293 e. The first kappa shape index (κ1) is 22.6. The van der Waals surface area contributed by atoms with Gasteiger partial charge in [-0.25, -0.2) is 12.8 Å². The number of nitrogens with one attached hydrogen (secondary N) is 1. The van der Waals surface area contributed by atoms with E-state index in [9.17, 15) is 17.6 Å². The standard InChI is InChI=1S/C20H13BrFN3O4S3/c21-13-5-7-14(8-6-13)32(27,28)17-10-9-16(29-17)18(26)23-19-24-25-20(31-19)30-11-12-3-1-2-4-15(12)22/h1-10H,11H2,(H,23,24,26). The zero-order valence-corrected chi connectivity index (χ0v) is 20.0. The molecule has 0 aliphatic rings. The fraction of sp³-hybridized carbons (Fsp3) is 0.0500. The predicted octanol–water partition coefficient (Wildman–Crippen LogP) is 5.41. The lowest BCUT2D eigenvalue weighted by Gasteiger charge is -2.01. The van der Waals surface area contributed by atoms with Gasteiger partial charge in [0.05, 0.1) is 4.90 Å². The molecule has 2 aromatic heterocycles. The van der Waals surface area contributed by atoms with Crippen LogP contribution in [0.1, 0.15) is 16.1 Å². The van der Waals surface area contributed by atoms with Crippen LogP contribution in [-0.2, 0) is 15.6 Å². The molecule has 12 heteroatoms. The van der Waals surface area contributed by atoms with Crippen LogP contribution in [0, 0.1) is 5.82 Å². The van der Waals surface area contributed by atoms with E-state index >= 15 is 0 Å². The molecule has 1 amide bonds. The minimum atomic E-state index is -3.90. The first-order chi connectivity index (χ1) is 15.3. The molecule has 0 saturated carbocycles. The van der Waals surface area contributed by atoms with Crippen molar-refractivity contribution in [3.05, 3.63) is 82.3 Å². The van der Waals surface area contributed by atoms with Gasteiger partial charge in [0, 0.05) is 10.2 Å². The summed E-state index contributed by atoms with van der Waals surface area (Å²) < 4.78 is 45.6. The number of furan rings is 1. The maximum absolute atomic E-state index is 13.7. The van der Waals surface area contributed by atoms with Gasteiger partial charge in [0.2, 0.25) is 20.1 Å². The van der Waals surface area contributed by atoms with Crippen molar-refractivity contribution in [2.24, 2.45) is 0 Å². The van der Waals surface area contributed by atoms with Crippen molar-refractivity contribution in [2.45, 2.75) is 20.1 Å². The molecule has 0 bridgehead atoms. The van der Waals surface area contributed by atoms with Gasteiger partial charge in [-0.15, -0.1) is 10.2 Å². The van der Waals surface area contributed by atoms with Gasteiger partial charge in [0.15, 0.2) is 10.1 Å². The number of rotatable bonds is 7. The van der Waals surface area contributed by atoms with Gasteiger partial charge in [0.1, 0.15) is 5.82 Å². The second kappa shape index (κ2) is 9.53. The highest BCUT2D eigenvalue weighted by molar-refractivity contribution is 9.10. The molecule has 0 saturated heterocycles. The average molecular weight is 554 g/mol. The quantitative estimate of drug-likeness (QED) is 0.241. The highest BCUT2D eigenvalue weighted by atomic mass is 79.9. The number of halogens is 2. The molecule has 4 rings (SSSR count). The highest BCUT2D eigenvalue weighted by Crippen LogP contribution is 2.30. The summed E-state index contributed by atoms with van der Waals surface area (Å²) in [5.41, 5.74) is 0.536. The largest absolute Gasteiger partial charge is 0.439 e. The fourth-order valence-electron chi connectivity index (χ4n) is 2.55. The van der Waals surface area contributed by atoms with Crippen LogP contribution in [0.4, 0.5) is 9.52 Å². The monoisotopic (exact) mass is 553 g/mol. The number of sulfone groups is 1. The molecule has 4 aromatic rings. The van der Waals surface area contributed by atoms with E-state index in [0.29, 0.717) is 15.7 Å². The molecule has 0 aliphatic carbocycles. The number of nitrogens with zero attached hydrogens (tertiary/aromatic N) is 2. The summed E-state index contributed by atoms with van der Waals surface area (Å²) in [6.45, 7) is 0. The Bertz CT molecular complexity index is 1370. The second-order valence-electron chi connectivity index (χ2n) is 6.28. The third-order valence-electron chi connectivity index (χ3n) is 4.13. The van der Waals surface area contributed by atoms with E-state index in [0.717, 1.165) is 15.8 Å². The van der Waals surface area contributed by atoms with E-state index in [1.54, 1.807) is 30.3 Å². The molecule has 7 nitrogen and oxygen atoms in total. The molecule has 32 heavy (non-hydrogen) atoms. The second-order valence-corrected chi connectivity index (χ2v) is 11.3. The topological polar surface area (TPSA) is 102 Å². The summed E-state index contributed by atoms with van der Waals surface area (Å²) in [7, 11) is -3.90. The number of hydrogen-bond acceptors (Lipinski definition) is 8. The molecule has 1 N–H and O–H groups in total. The Kier molecular flexibility index (Phi) is 6.74. The summed E-state index contributed by atoms with van der Waals surface area (Å²) in [6.07, 6.45) is 0. The Hall–Kier alpha value is -2.54. The zero-order valence-electron chi connectivity index (χ0n) is 16.0. The van der Waals surface area contributed by atoms with Crippen LogP contribution in [-0.4, -0.2) is 24.5 Å². The number of benzene rings is 2. The first-order valence-electron chi connectivity index (χ1n) is 8.94. The van der Waals surface area contributed by atoms with Crippen LogP contribution in [0.2, 0.25) is 0 Å². The zero-order chi connectivity index (χ0) is 22.7. The molecular formula is C20H13BrFN3O4S3. The Morgan fingerprint density at radius 3 is 2.59 bits per heavy atom. The number of amides is 1. The highest BCUT2D eigenvalue weighted by Gasteiger charge is 2.24. The molecule has 0 radical (unpaired) electrons. The van der Waals surface area contributed by atoms with Crippen LogP contribution in [0.5, 0.6) is 0 Å². The lowest BCUT2D eigenvalue weighted by atomic mass is 10.2. The molecule has 0 aliphatic heterocycles.